The lowest BCUT2D eigenvalue weighted by Gasteiger charge is -2.23. The summed E-state index contributed by atoms with van der Waals surface area (Å²) >= 11 is 1.33. The van der Waals surface area contributed by atoms with Crippen molar-refractivity contribution >= 4 is 44.1 Å². The van der Waals surface area contributed by atoms with Crippen molar-refractivity contribution in [1.29, 1.82) is 0 Å². The number of anilines is 1. The van der Waals surface area contributed by atoms with E-state index in [1.807, 2.05) is 26.0 Å². The van der Waals surface area contributed by atoms with E-state index < -0.39 is 17.7 Å². The number of benzene rings is 3. The van der Waals surface area contributed by atoms with Crippen molar-refractivity contribution in [3.8, 4) is 17.2 Å². The number of carbonyl (C=O) groups is 2. The fraction of sp³-hybridized carbons (Fsp3) is 0.207. The zero-order valence-electron chi connectivity index (χ0n) is 21.0. The molecule has 1 N–H and O–H groups in total. The monoisotopic (exact) mass is 528 g/mol. The van der Waals surface area contributed by atoms with Gasteiger partial charge in [-0.1, -0.05) is 29.5 Å². The molecule has 2 aliphatic rings. The molecule has 6 rings (SSSR count). The molecule has 3 heterocycles. The van der Waals surface area contributed by atoms with Crippen molar-refractivity contribution < 1.29 is 28.9 Å². The fourth-order valence-corrected chi connectivity index (χ4v) is 6.13. The van der Waals surface area contributed by atoms with Gasteiger partial charge in [-0.15, -0.1) is 0 Å². The average Bonchev–Trinajstić information content (AvgIpc) is 3.46. The lowest BCUT2D eigenvalue weighted by molar-refractivity contribution is -0.132. The Morgan fingerprint density at radius 2 is 1.84 bits per heavy atom. The standard InChI is InChI=1S/C29H24N2O6S/c1-15-11-16(2)24-22(12-15)38-29(30-24)31-25(17-5-4-6-19(13-17)35-3)23(27(33)28(31)34)26(32)18-7-8-20-21(14-18)37-10-9-36-20/h4-8,11-14,25,32H,9-10H2,1-3H3/b26-23+/t25-/m1/s1. The van der Waals surface area contributed by atoms with Crippen molar-refractivity contribution in [1.82, 2.24) is 4.98 Å². The summed E-state index contributed by atoms with van der Waals surface area (Å²) in [4.78, 5) is 33.3. The summed E-state index contributed by atoms with van der Waals surface area (Å²) in [5.41, 5.74) is 3.75. The minimum atomic E-state index is -0.916. The number of amides is 1. The molecule has 0 unspecified atom stereocenters. The third-order valence-corrected chi connectivity index (χ3v) is 7.70. The normalized spacial score (nSPS) is 18.3. The maximum atomic E-state index is 13.6. The van der Waals surface area contributed by atoms with Gasteiger partial charge in [-0.25, -0.2) is 4.98 Å². The van der Waals surface area contributed by atoms with Crippen LogP contribution in [0.2, 0.25) is 0 Å². The molecule has 0 bridgehead atoms. The summed E-state index contributed by atoms with van der Waals surface area (Å²) < 4.78 is 17.6. The molecule has 3 aromatic carbocycles. The number of ether oxygens (including phenoxy) is 3. The molecule has 1 saturated heterocycles. The SMILES string of the molecule is COc1cccc([C@@H]2/C(=C(\O)c3ccc4c(c3)OCCO4)C(=O)C(=O)N2c2nc3c(C)cc(C)cc3s2)c1. The van der Waals surface area contributed by atoms with Crippen LogP contribution in [-0.2, 0) is 9.59 Å². The Morgan fingerprint density at radius 3 is 2.63 bits per heavy atom. The van der Waals surface area contributed by atoms with Gasteiger partial charge in [-0.3, -0.25) is 14.5 Å². The molecule has 0 spiro atoms. The summed E-state index contributed by atoms with van der Waals surface area (Å²) in [6, 6.07) is 15.2. The number of ketones is 1. The lowest BCUT2D eigenvalue weighted by Crippen LogP contribution is -2.29. The first-order valence-corrected chi connectivity index (χ1v) is 12.9. The largest absolute Gasteiger partial charge is 0.507 e. The molecule has 0 radical (unpaired) electrons. The molecule has 2 aliphatic heterocycles. The van der Waals surface area contributed by atoms with Gasteiger partial charge in [0.25, 0.3) is 5.78 Å². The molecular weight excluding hydrogens is 504 g/mol. The van der Waals surface area contributed by atoms with E-state index in [-0.39, 0.29) is 11.3 Å². The third kappa shape index (κ3) is 3.86. The topological polar surface area (TPSA) is 98.2 Å². The van der Waals surface area contributed by atoms with E-state index in [0.717, 1.165) is 21.3 Å². The van der Waals surface area contributed by atoms with Crippen LogP contribution in [0.5, 0.6) is 17.2 Å². The van der Waals surface area contributed by atoms with Gasteiger partial charge in [0.1, 0.15) is 24.7 Å². The molecule has 38 heavy (non-hydrogen) atoms. The van der Waals surface area contributed by atoms with Crippen LogP contribution in [0.3, 0.4) is 0 Å². The first-order valence-electron chi connectivity index (χ1n) is 12.1. The molecule has 1 atom stereocenters. The third-order valence-electron chi connectivity index (χ3n) is 6.69. The van der Waals surface area contributed by atoms with Gasteiger partial charge in [0.15, 0.2) is 16.6 Å². The van der Waals surface area contributed by atoms with Gasteiger partial charge >= 0.3 is 5.91 Å². The number of nitrogens with zero attached hydrogens (tertiary/aromatic N) is 2. The molecule has 0 aliphatic carbocycles. The fourth-order valence-electron chi connectivity index (χ4n) is 4.96. The highest BCUT2D eigenvalue weighted by atomic mass is 32.1. The summed E-state index contributed by atoms with van der Waals surface area (Å²) in [6.45, 7) is 4.78. The molecule has 4 aromatic rings. The van der Waals surface area contributed by atoms with Crippen LogP contribution < -0.4 is 19.1 Å². The van der Waals surface area contributed by atoms with E-state index in [1.54, 1.807) is 49.6 Å². The second-order valence-corrected chi connectivity index (χ2v) is 10.2. The predicted molar refractivity (Wildman–Crippen MR) is 144 cm³/mol. The Morgan fingerprint density at radius 1 is 1.05 bits per heavy atom. The zero-order valence-corrected chi connectivity index (χ0v) is 21.8. The number of Topliss-reactive ketones (excluding diaryl/α,β-unsaturated/α-hetero) is 1. The molecule has 9 heteroatoms. The molecule has 1 aromatic heterocycles. The van der Waals surface area contributed by atoms with E-state index in [9.17, 15) is 14.7 Å². The number of hydrogen-bond acceptors (Lipinski definition) is 8. The van der Waals surface area contributed by atoms with Gasteiger partial charge < -0.3 is 19.3 Å². The summed E-state index contributed by atoms with van der Waals surface area (Å²) in [5, 5.41) is 11.9. The zero-order chi connectivity index (χ0) is 26.6. The van der Waals surface area contributed by atoms with E-state index in [0.29, 0.717) is 46.7 Å². The number of aryl methyl sites for hydroxylation is 2. The first-order chi connectivity index (χ1) is 18.4. The van der Waals surface area contributed by atoms with Crippen molar-refractivity contribution in [2.75, 3.05) is 25.2 Å². The Labute approximate surface area is 222 Å². The number of carbonyl (C=O) groups excluding carboxylic acids is 2. The number of rotatable bonds is 4. The van der Waals surface area contributed by atoms with Crippen LogP contribution in [0, 0.1) is 13.8 Å². The number of hydrogen-bond donors (Lipinski definition) is 1. The molecule has 8 nitrogen and oxygen atoms in total. The highest BCUT2D eigenvalue weighted by Crippen LogP contribution is 2.46. The van der Waals surface area contributed by atoms with Crippen molar-refractivity contribution in [3.63, 3.8) is 0 Å². The Hall–Kier alpha value is -4.37. The second-order valence-electron chi connectivity index (χ2n) is 9.23. The number of methoxy groups -OCH3 is 1. The summed E-state index contributed by atoms with van der Waals surface area (Å²) in [7, 11) is 1.55. The van der Waals surface area contributed by atoms with Gasteiger partial charge in [-0.05, 0) is 66.9 Å². The molecule has 0 saturated carbocycles. The van der Waals surface area contributed by atoms with E-state index in [4.69, 9.17) is 19.2 Å². The number of aliphatic hydroxyl groups is 1. The van der Waals surface area contributed by atoms with Crippen LogP contribution >= 0.6 is 11.3 Å². The number of aromatic nitrogens is 1. The molecule has 1 amide bonds. The maximum Gasteiger partial charge on any atom is 0.301 e. The summed E-state index contributed by atoms with van der Waals surface area (Å²) in [5.74, 6) is -0.281. The van der Waals surface area contributed by atoms with E-state index in [2.05, 4.69) is 0 Å². The minimum absolute atomic E-state index is 0.0351. The summed E-state index contributed by atoms with van der Waals surface area (Å²) in [6.07, 6.45) is 0. The average molecular weight is 529 g/mol. The van der Waals surface area contributed by atoms with Gasteiger partial charge in [0.2, 0.25) is 0 Å². The molecule has 192 valence electrons. The van der Waals surface area contributed by atoms with Gasteiger partial charge in [0, 0.05) is 5.56 Å². The first kappa shape index (κ1) is 24.0. The van der Waals surface area contributed by atoms with Crippen LogP contribution in [0.15, 0.2) is 60.2 Å². The Balaban J connectivity index is 1.56. The van der Waals surface area contributed by atoms with E-state index >= 15 is 0 Å². The predicted octanol–water partition coefficient (Wildman–Crippen LogP) is 5.32. The Kier molecular flexibility index (Phi) is 5.80. The minimum Gasteiger partial charge on any atom is -0.507 e. The lowest BCUT2D eigenvalue weighted by atomic mass is 9.95. The number of fused-ring (bicyclic) bond motifs is 2. The van der Waals surface area contributed by atoms with Crippen LogP contribution in [-0.4, -0.2) is 42.1 Å². The second kappa shape index (κ2) is 9.18. The van der Waals surface area contributed by atoms with Crippen LogP contribution in [0.25, 0.3) is 16.0 Å². The number of aliphatic hydroxyl groups excluding tert-OH is 1. The van der Waals surface area contributed by atoms with Crippen molar-refractivity contribution in [3.05, 3.63) is 82.4 Å². The van der Waals surface area contributed by atoms with Crippen molar-refractivity contribution in [2.24, 2.45) is 0 Å². The maximum absolute atomic E-state index is 13.6. The highest BCUT2D eigenvalue weighted by Gasteiger charge is 2.48. The van der Waals surface area contributed by atoms with Crippen molar-refractivity contribution in [2.45, 2.75) is 19.9 Å². The highest BCUT2D eigenvalue weighted by molar-refractivity contribution is 7.22. The van der Waals surface area contributed by atoms with Crippen LogP contribution in [0.4, 0.5) is 5.13 Å². The van der Waals surface area contributed by atoms with Crippen LogP contribution in [0.1, 0.15) is 28.3 Å². The quantitative estimate of drug-likeness (QED) is 0.218. The van der Waals surface area contributed by atoms with E-state index in [1.165, 1.54) is 16.2 Å². The molecular formula is C29H24N2O6S. The van der Waals surface area contributed by atoms with Gasteiger partial charge in [0.05, 0.1) is 28.9 Å². The number of thiazole rings is 1. The Bertz CT molecular complexity index is 1660. The smallest absolute Gasteiger partial charge is 0.301 e. The molecule has 1 fully saturated rings. The van der Waals surface area contributed by atoms with Gasteiger partial charge in [-0.2, -0.15) is 0 Å².